The summed E-state index contributed by atoms with van der Waals surface area (Å²) in [5, 5.41) is 0. The molecule has 1 aliphatic carbocycles. The SMILES string of the molecule is C[C@H]1CC[C@H]1COc1ccccc1C=O. The van der Waals surface area contributed by atoms with Gasteiger partial charge < -0.3 is 4.74 Å². The zero-order valence-corrected chi connectivity index (χ0v) is 8.98. The summed E-state index contributed by atoms with van der Waals surface area (Å²) in [4.78, 5) is 10.7. The first-order chi connectivity index (χ1) is 7.31. The first-order valence-corrected chi connectivity index (χ1v) is 5.48. The van der Waals surface area contributed by atoms with Gasteiger partial charge in [-0.3, -0.25) is 4.79 Å². The van der Waals surface area contributed by atoms with Crippen LogP contribution in [-0.2, 0) is 0 Å². The van der Waals surface area contributed by atoms with Gasteiger partial charge in [0.1, 0.15) is 5.75 Å². The number of aldehydes is 1. The molecular formula is C13H16O2. The Morgan fingerprint density at radius 2 is 2.20 bits per heavy atom. The van der Waals surface area contributed by atoms with Crippen molar-refractivity contribution in [3.8, 4) is 5.75 Å². The number of hydrogen-bond acceptors (Lipinski definition) is 2. The van der Waals surface area contributed by atoms with Gasteiger partial charge in [-0.15, -0.1) is 0 Å². The Morgan fingerprint density at radius 1 is 1.40 bits per heavy atom. The molecule has 1 saturated carbocycles. The Hall–Kier alpha value is -1.31. The van der Waals surface area contributed by atoms with Gasteiger partial charge in [0.05, 0.1) is 12.2 Å². The molecule has 0 aliphatic heterocycles. The monoisotopic (exact) mass is 204 g/mol. The third-order valence-electron chi connectivity index (χ3n) is 3.30. The number of carbonyl (C=O) groups is 1. The molecule has 0 radical (unpaired) electrons. The van der Waals surface area contributed by atoms with Crippen LogP contribution in [0.4, 0.5) is 0 Å². The molecule has 2 nitrogen and oxygen atoms in total. The second kappa shape index (κ2) is 4.47. The quantitative estimate of drug-likeness (QED) is 0.705. The molecule has 1 aromatic carbocycles. The third kappa shape index (κ3) is 2.20. The summed E-state index contributed by atoms with van der Waals surface area (Å²) in [6.07, 6.45) is 3.41. The van der Waals surface area contributed by atoms with Gasteiger partial charge in [0.2, 0.25) is 0 Å². The van der Waals surface area contributed by atoms with Crippen LogP contribution in [0.3, 0.4) is 0 Å². The van der Waals surface area contributed by atoms with Gasteiger partial charge in [-0.05, 0) is 36.8 Å². The second-order valence-electron chi connectivity index (χ2n) is 4.28. The van der Waals surface area contributed by atoms with Gasteiger partial charge in [0.15, 0.2) is 6.29 Å². The summed E-state index contributed by atoms with van der Waals surface area (Å²) in [6, 6.07) is 7.38. The number of rotatable bonds is 4. The van der Waals surface area contributed by atoms with Crippen molar-refractivity contribution in [3.63, 3.8) is 0 Å². The van der Waals surface area contributed by atoms with Crippen LogP contribution in [0.2, 0.25) is 0 Å². The van der Waals surface area contributed by atoms with Crippen molar-refractivity contribution in [2.45, 2.75) is 19.8 Å². The maximum Gasteiger partial charge on any atom is 0.153 e. The number of carbonyl (C=O) groups excluding carboxylic acids is 1. The van der Waals surface area contributed by atoms with Crippen LogP contribution in [0.1, 0.15) is 30.1 Å². The van der Waals surface area contributed by atoms with E-state index >= 15 is 0 Å². The lowest BCUT2D eigenvalue weighted by Gasteiger charge is -2.33. The molecule has 0 aromatic heterocycles. The van der Waals surface area contributed by atoms with E-state index in [2.05, 4.69) is 6.92 Å². The zero-order valence-electron chi connectivity index (χ0n) is 8.98. The summed E-state index contributed by atoms with van der Waals surface area (Å²) in [5.74, 6) is 2.16. The van der Waals surface area contributed by atoms with Crippen LogP contribution in [0.15, 0.2) is 24.3 Å². The first kappa shape index (κ1) is 10.2. The van der Waals surface area contributed by atoms with Crippen LogP contribution in [0.5, 0.6) is 5.75 Å². The van der Waals surface area contributed by atoms with E-state index in [1.807, 2.05) is 18.2 Å². The Labute approximate surface area is 90.3 Å². The van der Waals surface area contributed by atoms with Gasteiger partial charge in [-0.25, -0.2) is 0 Å². The Bertz CT molecular complexity index is 346. The maximum absolute atomic E-state index is 10.7. The van der Waals surface area contributed by atoms with Crippen molar-refractivity contribution < 1.29 is 9.53 Å². The Balaban J connectivity index is 1.95. The summed E-state index contributed by atoms with van der Waals surface area (Å²) in [6.45, 7) is 3.00. The highest BCUT2D eigenvalue weighted by atomic mass is 16.5. The molecule has 2 rings (SSSR count). The summed E-state index contributed by atoms with van der Waals surface area (Å²) >= 11 is 0. The predicted molar refractivity (Wildman–Crippen MR) is 59.2 cm³/mol. The van der Waals surface area contributed by atoms with Crippen LogP contribution < -0.4 is 4.74 Å². The number of benzene rings is 1. The molecule has 15 heavy (non-hydrogen) atoms. The lowest BCUT2D eigenvalue weighted by molar-refractivity contribution is 0.108. The molecule has 2 heteroatoms. The van der Waals surface area contributed by atoms with Crippen LogP contribution in [-0.4, -0.2) is 12.9 Å². The fourth-order valence-corrected chi connectivity index (χ4v) is 1.89. The van der Waals surface area contributed by atoms with Gasteiger partial charge in [-0.1, -0.05) is 19.1 Å². The molecule has 2 atom stereocenters. The molecule has 1 fully saturated rings. The van der Waals surface area contributed by atoms with Crippen molar-refractivity contribution in [3.05, 3.63) is 29.8 Å². The molecule has 1 aromatic rings. The van der Waals surface area contributed by atoms with E-state index in [-0.39, 0.29) is 0 Å². The van der Waals surface area contributed by atoms with E-state index in [0.717, 1.165) is 18.8 Å². The van der Waals surface area contributed by atoms with E-state index in [1.165, 1.54) is 12.8 Å². The molecular weight excluding hydrogens is 188 g/mol. The van der Waals surface area contributed by atoms with Crippen LogP contribution in [0.25, 0.3) is 0 Å². The molecule has 0 N–H and O–H groups in total. The maximum atomic E-state index is 10.7. The number of ether oxygens (including phenoxy) is 1. The third-order valence-corrected chi connectivity index (χ3v) is 3.30. The van der Waals surface area contributed by atoms with E-state index in [4.69, 9.17) is 4.74 Å². The predicted octanol–water partition coefficient (Wildman–Crippen LogP) is 2.92. The fraction of sp³-hybridized carbons (Fsp3) is 0.462. The van der Waals surface area contributed by atoms with E-state index in [9.17, 15) is 4.79 Å². The smallest absolute Gasteiger partial charge is 0.153 e. The second-order valence-corrected chi connectivity index (χ2v) is 4.28. The van der Waals surface area contributed by atoms with Crippen LogP contribution >= 0.6 is 0 Å². The highest BCUT2D eigenvalue weighted by molar-refractivity contribution is 5.79. The van der Waals surface area contributed by atoms with Crippen molar-refractivity contribution in [1.29, 1.82) is 0 Å². The average molecular weight is 204 g/mol. The fourth-order valence-electron chi connectivity index (χ4n) is 1.89. The molecule has 0 unspecified atom stereocenters. The van der Waals surface area contributed by atoms with Crippen molar-refractivity contribution >= 4 is 6.29 Å². The minimum Gasteiger partial charge on any atom is -0.493 e. The summed E-state index contributed by atoms with van der Waals surface area (Å²) in [7, 11) is 0. The lowest BCUT2D eigenvalue weighted by atomic mass is 9.75. The van der Waals surface area contributed by atoms with Gasteiger partial charge in [0, 0.05) is 0 Å². The van der Waals surface area contributed by atoms with Crippen LogP contribution in [0, 0.1) is 11.8 Å². The lowest BCUT2D eigenvalue weighted by Crippen LogP contribution is -2.28. The molecule has 0 saturated heterocycles. The van der Waals surface area contributed by atoms with E-state index < -0.39 is 0 Å². The van der Waals surface area contributed by atoms with E-state index in [1.54, 1.807) is 6.07 Å². The molecule has 80 valence electrons. The van der Waals surface area contributed by atoms with Gasteiger partial charge in [-0.2, -0.15) is 0 Å². The largest absolute Gasteiger partial charge is 0.493 e. The highest BCUT2D eigenvalue weighted by Crippen LogP contribution is 2.34. The first-order valence-electron chi connectivity index (χ1n) is 5.48. The Morgan fingerprint density at radius 3 is 2.80 bits per heavy atom. The molecule has 1 aliphatic rings. The highest BCUT2D eigenvalue weighted by Gasteiger charge is 2.27. The standard InChI is InChI=1S/C13H16O2/c1-10-6-7-12(10)9-15-13-5-3-2-4-11(13)8-14/h2-5,8,10,12H,6-7,9H2,1H3/t10-,12-/m0/s1. The Kier molecular flexibility index (Phi) is 3.05. The van der Waals surface area contributed by atoms with Gasteiger partial charge in [0.25, 0.3) is 0 Å². The van der Waals surface area contributed by atoms with Crippen molar-refractivity contribution in [2.75, 3.05) is 6.61 Å². The molecule has 0 bridgehead atoms. The average Bonchev–Trinajstić information content (AvgIpc) is 2.28. The summed E-state index contributed by atoms with van der Waals surface area (Å²) in [5.41, 5.74) is 0.643. The summed E-state index contributed by atoms with van der Waals surface area (Å²) < 4.78 is 5.67. The minimum atomic E-state index is 0.643. The molecule has 0 amide bonds. The molecule has 0 spiro atoms. The molecule has 0 heterocycles. The minimum absolute atomic E-state index is 0.643. The number of para-hydroxylation sites is 1. The van der Waals surface area contributed by atoms with E-state index in [0.29, 0.717) is 17.2 Å². The zero-order chi connectivity index (χ0) is 10.7. The topological polar surface area (TPSA) is 26.3 Å². The van der Waals surface area contributed by atoms with Crippen molar-refractivity contribution in [2.24, 2.45) is 11.8 Å². The van der Waals surface area contributed by atoms with Crippen molar-refractivity contribution in [1.82, 2.24) is 0 Å². The normalized spacial score (nSPS) is 24.3. The number of hydrogen-bond donors (Lipinski definition) is 0. The van der Waals surface area contributed by atoms with Gasteiger partial charge >= 0.3 is 0 Å².